The van der Waals surface area contributed by atoms with Crippen LogP contribution in [0, 0.1) is 11.3 Å². The molecule has 1 aromatic rings. The van der Waals surface area contributed by atoms with Gasteiger partial charge >= 0.3 is 0 Å². The SMILES string of the molecule is CCCn1cc(OCC(CBr)C(C)(C)C)cn1. The molecule has 98 valence electrons. The Balaban J connectivity index is 2.48. The van der Waals surface area contributed by atoms with E-state index in [-0.39, 0.29) is 5.41 Å². The van der Waals surface area contributed by atoms with Crippen LogP contribution in [0.25, 0.3) is 0 Å². The van der Waals surface area contributed by atoms with Crippen molar-refractivity contribution in [2.24, 2.45) is 11.3 Å². The molecule has 0 aromatic carbocycles. The molecule has 0 saturated heterocycles. The van der Waals surface area contributed by atoms with Gasteiger partial charge in [0.15, 0.2) is 5.75 Å². The quantitative estimate of drug-likeness (QED) is 0.749. The average molecular weight is 303 g/mol. The number of hydrogen-bond donors (Lipinski definition) is 0. The van der Waals surface area contributed by atoms with Crippen LogP contribution in [0.2, 0.25) is 0 Å². The summed E-state index contributed by atoms with van der Waals surface area (Å²) in [5, 5.41) is 5.21. The molecule has 0 fully saturated rings. The molecule has 4 heteroatoms. The Labute approximate surface area is 113 Å². The van der Waals surface area contributed by atoms with Crippen molar-refractivity contribution in [3.05, 3.63) is 12.4 Å². The highest BCUT2D eigenvalue weighted by molar-refractivity contribution is 9.09. The van der Waals surface area contributed by atoms with Gasteiger partial charge in [-0.15, -0.1) is 0 Å². The lowest BCUT2D eigenvalue weighted by Crippen LogP contribution is -2.27. The van der Waals surface area contributed by atoms with Gasteiger partial charge in [0.25, 0.3) is 0 Å². The molecule has 1 unspecified atom stereocenters. The Morgan fingerprint density at radius 1 is 1.47 bits per heavy atom. The molecular weight excluding hydrogens is 280 g/mol. The molecule has 0 aliphatic heterocycles. The van der Waals surface area contributed by atoms with Crippen molar-refractivity contribution in [1.82, 2.24) is 9.78 Å². The van der Waals surface area contributed by atoms with Crippen LogP contribution >= 0.6 is 15.9 Å². The third-order valence-electron chi connectivity index (χ3n) is 2.92. The lowest BCUT2D eigenvalue weighted by atomic mass is 9.83. The third-order valence-corrected chi connectivity index (χ3v) is 3.71. The molecule has 3 nitrogen and oxygen atoms in total. The zero-order valence-corrected chi connectivity index (χ0v) is 12.8. The second-order valence-corrected chi connectivity index (χ2v) is 6.11. The van der Waals surface area contributed by atoms with Crippen LogP contribution in [0.15, 0.2) is 12.4 Å². The van der Waals surface area contributed by atoms with Crippen LogP contribution < -0.4 is 4.74 Å². The predicted molar refractivity (Wildman–Crippen MR) is 74.8 cm³/mol. The zero-order valence-electron chi connectivity index (χ0n) is 11.2. The predicted octanol–water partition coefficient (Wildman–Crippen LogP) is 3.73. The van der Waals surface area contributed by atoms with Crippen LogP contribution in [0.5, 0.6) is 5.75 Å². The van der Waals surface area contributed by atoms with E-state index in [0.717, 1.165) is 30.7 Å². The Kier molecular flexibility index (Phi) is 5.50. The van der Waals surface area contributed by atoms with E-state index in [1.54, 1.807) is 6.20 Å². The number of alkyl halides is 1. The maximum atomic E-state index is 5.80. The van der Waals surface area contributed by atoms with Crippen molar-refractivity contribution in [3.8, 4) is 5.75 Å². The van der Waals surface area contributed by atoms with Gasteiger partial charge in [0.05, 0.1) is 19.0 Å². The smallest absolute Gasteiger partial charge is 0.157 e. The van der Waals surface area contributed by atoms with E-state index in [2.05, 4.69) is 48.7 Å². The molecule has 0 N–H and O–H groups in total. The van der Waals surface area contributed by atoms with Gasteiger partial charge in [-0.1, -0.05) is 43.6 Å². The molecule has 1 atom stereocenters. The lowest BCUT2D eigenvalue weighted by molar-refractivity contribution is 0.166. The number of rotatable bonds is 6. The van der Waals surface area contributed by atoms with E-state index < -0.39 is 0 Å². The molecule has 0 amide bonds. The monoisotopic (exact) mass is 302 g/mol. The molecule has 0 aliphatic rings. The molecule has 17 heavy (non-hydrogen) atoms. The second kappa shape index (κ2) is 6.43. The minimum Gasteiger partial charge on any atom is -0.490 e. The molecule has 0 aliphatic carbocycles. The van der Waals surface area contributed by atoms with Crippen molar-refractivity contribution in [2.45, 2.75) is 40.7 Å². The topological polar surface area (TPSA) is 27.1 Å². The fourth-order valence-electron chi connectivity index (χ4n) is 1.49. The standard InChI is InChI=1S/C13H23BrN2O/c1-5-6-16-9-12(8-15-16)17-10-11(7-14)13(2,3)4/h8-9,11H,5-7,10H2,1-4H3. The molecule has 1 rings (SSSR count). The van der Waals surface area contributed by atoms with Crippen LogP contribution in [-0.4, -0.2) is 21.7 Å². The Hall–Kier alpha value is -0.510. The summed E-state index contributed by atoms with van der Waals surface area (Å²) in [4.78, 5) is 0. The largest absolute Gasteiger partial charge is 0.490 e. The molecular formula is C13H23BrN2O. The van der Waals surface area contributed by atoms with Gasteiger partial charge in [0.1, 0.15) is 0 Å². The highest BCUT2D eigenvalue weighted by Crippen LogP contribution is 2.28. The summed E-state index contributed by atoms with van der Waals surface area (Å²) in [5.41, 5.74) is 0.253. The Morgan fingerprint density at radius 3 is 2.71 bits per heavy atom. The molecule has 0 radical (unpaired) electrons. The van der Waals surface area contributed by atoms with Crippen molar-refractivity contribution >= 4 is 15.9 Å². The molecule has 0 spiro atoms. The molecule has 1 heterocycles. The number of aromatic nitrogens is 2. The summed E-state index contributed by atoms with van der Waals surface area (Å²) >= 11 is 3.55. The summed E-state index contributed by atoms with van der Waals surface area (Å²) < 4.78 is 7.73. The van der Waals surface area contributed by atoms with Crippen LogP contribution in [0.1, 0.15) is 34.1 Å². The van der Waals surface area contributed by atoms with Crippen LogP contribution in [0.3, 0.4) is 0 Å². The van der Waals surface area contributed by atoms with Crippen LogP contribution in [0.4, 0.5) is 0 Å². The number of ether oxygens (including phenoxy) is 1. The zero-order chi connectivity index (χ0) is 12.9. The summed E-state index contributed by atoms with van der Waals surface area (Å²) in [6, 6.07) is 0. The number of hydrogen-bond acceptors (Lipinski definition) is 2. The second-order valence-electron chi connectivity index (χ2n) is 5.47. The van der Waals surface area contributed by atoms with E-state index in [4.69, 9.17) is 4.74 Å². The first kappa shape index (κ1) is 14.6. The first-order valence-electron chi connectivity index (χ1n) is 6.18. The normalized spacial score (nSPS) is 13.7. The molecule has 0 bridgehead atoms. The van der Waals surface area contributed by atoms with Gasteiger partial charge in [0, 0.05) is 17.8 Å². The fraction of sp³-hybridized carbons (Fsp3) is 0.769. The van der Waals surface area contributed by atoms with E-state index in [1.165, 1.54) is 0 Å². The highest BCUT2D eigenvalue weighted by Gasteiger charge is 2.24. The molecule has 1 aromatic heterocycles. The van der Waals surface area contributed by atoms with Crippen molar-refractivity contribution in [2.75, 3.05) is 11.9 Å². The van der Waals surface area contributed by atoms with E-state index >= 15 is 0 Å². The van der Waals surface area contributed by atoms with Gasteiger partial charge in [-0.25, -0.2) is 0 Å². The summed E-state index contributed by atoms with van der Waals surface area (Å²) in [6.45, 7) is 10.5. The first-order chi connectivity index (χ1) is 7.97. The van der Waals surface area contributed by atoms with E-state index in [9.17, 15) is 0 Å². The van der Waals surface area contributed by atoms with Gasteiger partial charge < -0.3 is 4.74 Å². The maximum Gasteiger partial charge on any atom is 0.157 e. The van der Waals surface area contributed by atoms with Gasteiger partial charge in [-0.2, -0.15) is 5.10 Å². The number of nitrogens with zero attached hydrogens (tertiary/aromatic N) is 2. The number of halogens is 1. The van der Waals surface area contributed by atoms with Crippen molar-refractivity contribution in [1.29, 1.82) is 0 Å². The third kappa shape index (κ3) is 4.70. The lowest BCUT2D eigenvalue weighted by Gasteiger charge is -2.28. The summed E-state index contributed by atoms with van der Waals surface area (Å²) in [6.07, 6.45) is 4.86. The van der Waals surface area contributed by atoms with Gasteiger partial charge in [-0.3, -0.25) is 4.68 Å². The van der Waals surface area contributed by atoms with Gasteiger partial charge in [0.2, 0.25) is 0 Å². The highest BCUT2D eigenvalue weighted by atomic mass is 79.9. The number of aryl methyl sites for hydroxylation is 1. The van der Waals surface area contributed by atoms with E-state index in [0.29, 0.717) is 5.92 Å². The molecule has 0 saturated carbocycles. The maximum absolute atomic E-state index is 5.80. The van der Waals surface area contributed by atoms with Crippen LogP contribution in [-0.2, 0) is 6.54 Å². The minimum absolute atomic E-state index is 0.253. The van der Waals surface area contributed by atoms with E-state index in [1.807, 2.05) is 10.9 Å². The summed E-state index contributed by atoms with van der Waals surface area (Å²) in [7, 11) is 0. The minimum atomic E-state index is 0.253. The first-order valence-corrected chi connectivity index (χ1v) is 7.30. The average Bonchev–Trinajstić information content (AvgIpc) is 2.65. The fourth-order valence-corrected chi connectivity index (χ4v) is 2.65. The Bertz CT molecular complexity index is 330. The summed E-state index contributed by atoms with van der Waals surface area (Å²) in [5.74, 6) is 1.37. The Morgan fingerprint density at radius 2 is 2.18 bits per heavy atom. The van der Waals surface area contributed by atoms with Crippen molar-refractivity contribution < 1.29 is 4.74 Å². The van der Waals surface area contributed by atoms with Crippen molar-refractivity contribution in [3.63, 3.8) is 0 Å². The van der Waals surface area contributed by atoms with Gasteiger partial charge in [-0.05, 0) is 11.8 Å².